The molecule has 3 nitrogen and oxygen atoms in total. The van der Waals surface area contributed by atoms with Crippen LogP contribution in [0.1, 0.15) is 5.69 Å². The van der Waals surface area contributed by atoms with E-state index in [1.807, 2.05) is 0 Å². The fraction of sp³-hybridized carbons (Fsp3) is 0.571. The molecule has 62 valence electrons. The summed E-state index contributed by atoms with van der Waals surface area (Å²) in [7, 11) is 1.80. The molecule has 11 heavy (non-hydrogen) atoms. The topological polar surface area (TPSA) is 43.8 Å². The molecule has 0 saturated heterocycles. The minimum absolute atomic E-state index is 0.0660. The lowest BCUT2D eigenvalue weighted by Gasteiger charge is -2.00. The molecule has 1 aromatic heterocycles. The zero-order valence-electron chi connectivity index (χ0n) is 6.50. The molecule has 0 radical (unpaired) electrons. The van der Waals surface area contributed by atoms with Gasteiger partial charge in [0.25, 0.3) is 0 Å². The smallest absolute Gasteiger partial charge is 0.118 e. The average Bonchev–Trinajstić information content (AvgIpc) is 2.35. The summed E-state index contributed by atoms with van der Waals surface area (Å²) in [5, 5.41) is 4.02. The van der Waals surface area contributed by atoms with Gasteiger partial charge in [-0.15, -0.1) is 0 Å². The molecule has 1 heterocycles. The molecule has 1 rings (SSSR count). The van der Waals surface area contributed by atoms with Gasteiger partial charge in [0, 0.05) is 26.2 Å². The molecule has 0 spiro atoms. The maximum atomic E-state index is 12.7. The van der Waals surface area contributed by atoms with E-state index in [9.17, 15) is 4.39 Å². The maximum Gasteiger partial charge on any atom is 0.118 e. The average molecular weight is 157 g/mol. The van der Waals surface area contributed by atoms with Gasteiger partial charge in [-0.1, -0.05) is 0 Å². The number of hydrogen-bond donors (Lipinski definition) is 1. The third-order valence-corrected chi connectivity index (χ3v) is 1.46. The summed E-state index contributed by atoms with van der Waals surface area (Å²) in [6.07, 6.45) is 1.14. The molecule has 2 N–H and O–H groups in total. The third kappa shape index (κ3) is 2.31. The highest BCUT2D eigenvalue weighted by Crippen LogP contribution is 2.01. The van der Waals surface area contributed by atoms with Gasteiger partial charge in [0.15, 0.2) is 0 Å². The molecule has 4 heteroatoms. The SMILES string of the molecule is Cn1ccc(CC(F)CN)n1. The molecule has 0 fully saturated rings. The number of hydrogen-bond acceptors (Lipinski definition) is 2. The Morgan fingerprint density at radius 3 is 3.00 bits per heavy atom. The number of aromatic nitrogens is 2. The molecule has 1 atom stereocenters. The van der Waals surface area contributed by atoms with Crippen molar-refractivity contribution in [2.75, 3.05) is 6.54 Å². The van der Waals surface area contributed by atoms with Gasteiger partial charge in [-0.2, -0.15) is 5.10 Å². The van der Waals surface area contributed by atoms with Crippen LogP contribution in [0.2, 0.25) is 0 Å². The predicted octanol–water partition coefficient (Wildman–Crippen LogP) is 0.259. The predicted molar refractivity (Wildman–Crippen MR) is 40.9 cm³/mol. The summed E-state index contributed by atoms with van der Waals surface area (Å²) in [6, 6.07) is 1.79. The molecule has 0 aliphatic heterocycles. The fourth-order valence-electron chi connectivity index (χ4n) is 0.882. The number of aryl methyl sites for hydroxylation is 1. The Morgan fingerprint density at radius 1 is 1.82 bits per heavy atom. The molecule has 0 saturated carbocycles. The standard InChI is InChI=1S/C7H12FN3/c1-11-3-2-7(10-11)4-6(8)5-9/h2-3,6H,4-5,9H2,1H3. The number of nitrogens with zero attached hydrogens (tertiary/aromatic N) is 2. The van der Waals surface area contributed by atoms with Crippen LogP contribution in [-0.4, -0.2) is 22.5 Å². The molecule has 0 bridgehead atoms. The van der Waals surface area contributed by atoms with E-state index in [1.165, 1.54) is 0 Å². The van der Waals surface area contributed by atoms with Crippen molar-refractivity contribution in [2.24, 2.45) is 12.8 Å². The highest BCUT2D eigenvalue weighted by Gasteiger charge is 2.06. The minimum Gasteiger partial charge on any atom is -0.328 e. The van der Waals surface area contributed by atoms with Crippen molar-refractivity contribution in [1.29, 1.82) is 0 Å². The van der Waals surface area contributed by atoms with Crippen molar-refractivity contribution in [3.8, 4) is 0 Å². The Kier molecular flexibility index (Phi) is 2.59. The van der Waals surface area contributed by atoms with E-state index in [2.05, 4.69) is 5.10 Å². The summed E-state index contributed by atoms with van der Waals surface area (Å²) in [4.78, 5) is 0. The monoisotopic (exact) mass is 157 g/mol. The minimum atomic E-state index is -0.968. The van der Waals surface area contributed by atoms with Crippen LogP contribution in [-0.2, 0) is 13.5 Å². The van der Waals surface area contributed by atoms with E-state index < -0.39 is 6.17 Å². The number of rotatable bonds is 3. The number of halogens is 1. The van der Waals surface area contributed by atoms with E-state index in [1.54, 1.807) is 24.0 Å². The van der Waals surface area contributed by atoms with Gasteiger partial charge in [-0.25, -0.2) is 4.39 Å². The van der Waals surface area contributed by atoms with Crippen LogP contribution in [0, 0.1) is 0 Å². The summed E-state index contributed by atoms with van der Waals surface area (Å²) in [5.74, 6) is 0. The van der Waals surface area contributed by atoms with Crippen molar-refractivity contribution in [2.45, 2.75) is 12.6 Å². The van der Waals surface area contributed by atoms with Crippen molar-refractivity contribution in [3.05, 3.63) is 18.0 Å². The second-order valence-corrected chi connectivity index (χ2v) is 2.52. The van der Waals surface area contributed by atoms with Crippen LogP contribution in [0.5, 0.6) is 0 Å². The van der Waals surface area contributed by atoms with Crippen molar-refractivity contribution in [1.82, 2.24) is 9.78 Å². The summed E-state index contributed by atoms with van der Waals surface area (Å²) >= 11 is 0. The first-order valence-corrected chi connectivity index (χ1v) is 3.55. The first-order chi connectivity index (χ1) is 5.22. The van der Waals surface area contributed by atoms with Crippen molar-refractivity contribution in [3.63, 3.8) is 0 Å². The molecule has 1 aromatic rings. The quantitative estimate of drug-likeness (QED) is 0.684. The zero-order valence-corrected chi connectivity index (χ0v) is 6.50. The maximum absolute atomic E-state index is 12.7. The zero-order chi connectivity index (χ0) is 8.27. The lowest BCUT2D eigenvalue weighted by Crippen LogP contribution is -2.17. The Morgan fingerprint density at radius 2 is 2.55 bits per heavy atom. The van der Waals surface area contributed by atoms with Crippen LogP contribution < -0.4 is 5.73 Å². The number of nitrogens with two attached hydrogens (primary N) is 1. The molecule has 0 aromatic carbocycles. The first-order valence-electron chi connectivity index (χ1n) is 3.55. The highest BCUT2D eigenvalue weighted by molar-refractivity contribution is 5.00. The van der Waals surface area contributed by atoms with E-state index >= 15 is 0 Å². The second kappa shape index (κ2) is 3.48. The van der Waals surface area contributed by atoms with Gasteiger partial charge < -0.3 is 5.73 Å². The first kappa shape index (κ1) is 8.20. The van der Waals surface area contributed by atoms with E-state index in [4.69, 9.17) is 5.73 Å². The summed E-state index contributed by atoms with van der Waals surface area (Å²) < 4.78 is 14.3. The summed E-state index contributed by atoms with van der Waals surface area (Å²) in [5.41, 5.74) is 5.87. The molecule has 1 unspecified atom stereocenters. The van der Waals surface area contributed by atoms with Gasteiger partial charge in [0.2, 0.25) is 0 Å². The Labute approximate surface area is 65.0 Å². The van der Waals surface area contributed by atoms with Gasteiger partial charge >= 0.3 is 0 Å². The molecular formula is C7H12FN3. The Bertz CT molecular complexity index is 221. The Balaban J connectivity index is 2.50. The lowest BCUT2D eigenvalue weighted by molar-refractivity contribution is 0.337. The largest absolute Gasteiger partial charge is 0.328 e. The molecule has 0 aliphatic carbocycles. The van der Waals surface area contributed by atoms with Crippen LogP contribution >= 0.6 is 0 Å². The highest BCUT2D eigenvalue weighted by atomic mass is 19.1. The molecular weight excluding hydrogens is 145 g/mol. The third-order valence-electron chi connectivity index (χ3n) is 1.46. The molecule has 0 aliphatic rings. The van der Waals surface area contributed by atoms with Crippen LogP contribution in [0.3, 0.4) is 0 Å². The fourth-order valence-corrected chi connectivity index (χ4v) is 0.882. The van der Waals surface area contributed by atoms with Gasteiger partial charge in [0.1, 0.15) is 6.17 Å². The van der Waals surface area contributed by atoms with Crippen LogP contribution in [0.4, 0.5) is 4.39 Å². The van der Waals surface area contributed by atoms with Gasteiger partial charge in [0.05, 0.1) is 5.69 Å². The molecule has 0 amide bonds. The van der Waals surface area contributed by atoms with Gasteiger partial charge in [-0.3, -0.25) is 4.68 Å². The summed E-state index contributed by atoms with van der Waals surface area (Å²) in [6.45, 7) is 0.0660. The van der Waals surface area contributed by atoms with Crippen molar-refractivity contribution < 1.29 is 4.39 Å². The number of alkyl halides is 1. The van der Waals surface area contributed by atoms with Crippen LogP contribution in [0.25, 0.3) is 0 Å². The van der Waals surface area contributed by atoms with E-state index in [-0.39, 0.29) is 6.54 Å². The van der Waals surface area contributed by atoms with E-state index in [0.29, 0.717) is 6.42 Å². The lowest BCUT2D eigenvalue weighted by atomic mass is 10.2. The van der Waals surface area contributed by atoms with Gasteiger partial charge in [-0.05, 0) is 6.07 Å². The van der Waals surface area contributed by atoms with Crippen LogP contribution in [0.15, 0.2) is 12.3 Å². The van der Waals surface area contributed by atoms with Crippen molar-refractivity contribution >= 4 is 0 Å². The Hall–Kier alpha value is -0.900. The normalized spacial score (nSPS) is 13.4. The van der Waals surface area contributed by atoms with E-state index in [0.717, 1.165) is 5.69 Å². The second-order valence-electron chi connectivity index (χ2n) is 2.52.